The first kappa shape index (κ1) is 20.2. The number of nitrogens with one attached hydrogen (secondary N) is 2. The number of quaternary nitrogens is 1. The number of aromatic amines is 1. The maximum absolute atomic E-state index is 12.8. The zero-order valence-electron chi connectivity index (χ0n) is 15.9. The normalized spacial score (nSPS) is 13.3. The van der Waals surface area contributed by atoms with E-state index in [2.05, 4.69) is 4.98 Å². The fourth-order valence-electron chi connectivity index (χ4n) is 3.04. The van der Waals surface area contributed by atoms with Gasteiger partial charge in [0, 0.05) is 16.3 Å². The van der Waals surface area contributed by atoms with Crippen molar-refractivity contribution in [3.8, 4) is 5.75 Å². The van der Waals surface area contributed by atoms with Crippen LogP contribution in [0.15, 0.2) is 24.3 Å². The van der Waals surface area contributed by atoms with Crippen molar-refractivity contribution in [1.29, 1.82) is 0 Å². The Morgan fingerprint density at radius 3 is 2.38 bits per heavy atom. The maximum Gasteiger partial charge on any atom is 0.235 e. The second-order valence-corrected chi connectivity index (χ2v) is 7.10. The molecule has 1 aromatic heterocycles. The second kappa shape index (κ2) is 8.52. The quantitative estimate of drug-likeness (QED) is 0.695. The average molecular weight is 378 g/mol. The molecule has 0 fully saturated rings. The van der Waals surface area contributed by atoms with Crippen LogP contribution in [0.5, 0.6) is 5.75 Å². The van der Waals surface area contributed by atoms with Gasteiger partial charge in [-0.3, -0.25) is 9.59 Å². The Morgan fingerprint density at radius 1 is 1.23 bits per heavy atom. The lowest BCUT2D eigenvalue weighted by molar-refractivity contribution is -0.893. The number of carbonyl (C=O) groups excluding carboxylic acids is 2. The van der Waals surface area contributed by atoms with E-state index in [4.69, 9.17) is 16.3 Å². The van der Waals surface area contributed by atoms with Gasteiger partial charge in [0.05, 0.1) is 12.7 Å². The summed E-state index contributed by atoms with van der Waals surface area (Å²) >= 11 is 5.85. The molecule has 2 aromatic rings. The van der Waals surface area contributed by atoms with Crippen molar-refractivity contribution in [2.75, 3.05) is 20.2 Å². The van der Waals surface area contributed by atoms with Crippen molar-refractivity contribution < 1.29 is 19.2 Å². The summed E-state index contributed by atoms with van der Waals surface area (Å²) in [5, 5.41) is 0.667. The number of benzene rings is 1. The molecule has 0 spiro atoms. The summed E-state index contributed by atoms with van der Waals surface area (Å²) in [6.07, 6.45) is 0. The molecule has 5 nitrogen and oxygen atoms in total. The number of H-pyrrole nitrogens is 1. The molecule has 140 valence electrons. The van der Waals surface area contributed by atoms with Gasteiger partial charge in [0.1, 0.15) is 24.9 Å². The summed E-state index contributed by atoms with van der Waals surface area (Å²) in [6.45, 7) is 8.22. The van der Waals surface area contributed by atoms with E-state index in [1.807, 2.05) is 40.0 Å². The van der Waals surface area contributed by atoms with Gasteiger partial charge < -0.3 is 14.6 Å². The van der Waals surface area contributed by atoms with Crippen molar-refractivity contribution in [3.05, 3.63) is 51.8 Å². The number of Topliss-reactive ketones (excluding diaryl/α,β-unsaturated/α-hetero) is 2. The van der Waals surface area contributed by atoms with E-state index in [1.54, 1.807) is 12.1 Å². The number of carbonyl (C=O) groups is 2. The number of aromatic nitrogens is 1. The number of ketones is 2. The van der Waals surface area contributed by atoms with E-state index in [-0.39, 0.29) is 17.6 Å². The van der Waals surface area contributed by atoms with Gasteiger partial charge in [-0.15, -0.1) is 0 Å². The minimum atomic E-state index is -0.250. The summed E-state index contributed by atoms with van der Waals surface area (Å²) in [7, 11) is 1.96. The van der Waals surface area contributed by atoms with Gasteiger partial charge in [-0.1, -0.05) is 11.6 Å². The van der Waals surface area contributed by atoms with Gasteiger partial charge in [-0.25, -0.2) is 0 Å². The SMILES string of the molecule is CC(=O)c1c(C)[nH]c(C(=O)[C@H](C)[NH+](C)CCOc2ccc(Cl)cc2)c1C. The Hall–Kier alpha value is -2.11. The third kappa shape index (κ3) is 4.54. The molecule has 2 N–H and O–H groups in total. The Kier molecular flexibility index (Phi) is 6.62. The smallest absolute Gasteiger partial charge is 0.235 e. The molecule has 1 unspecified atom stereocenters. The standard InChI is InChI=1S/C20H25ClN2O3/c1-12-18(15(4)24)13(2)22-19(12)20(25)14(3)23(5)10-11-26-17-8-6-16(21)7-9-17/h6-9,14,22H,10-11H2,1-5H3/p+1/t14-/m0/s1. The topological polar surface area (TPSA) is 63.6 Å². The van der Waals surface area contributed by atoms with Crippen molar-refractivity contribution in [3.63, 3.8) is 0 Å². The Morgan fingerprint density at radius 2 is 1.85 bits per heavy atom. The summed E-state index contributed by atoms with van der Waals surface area (Å²) in [5.74, 6) is 0.727. The highest BCUT2D eigenvalue weighted by molar-refractivity contribution is 6.30. The molecular formula is C20H26ClN2O3+. The number of hydrogen-bond donors (Lipinski definition) is 2. The zero-order chi connectivity index (χ0) is 19.4. The van der Waals surface area contributed by atoms with Crippen molar-refractivity contribution in [2.24, 2.45) is 0 Å². The van der Waals surface area contributed by atoms with Crippen LogP contribution in [-0.2, 0) is 0 Å². The van der Waals surface area contributed by atoms with Crippen LogP contribution in [0, 0.1) is 13.8 Å². The molecule has 1 aromatic carbocycles. The Bertz CT molecular complexity index is 796. The third-order valence-corrected chi connectivity index (χ3v) is 5.00. The highest BCUT2D eigenvalue weighted by Gasteiger charge is 2.28. The van der Waals surface area contributed by atoms with Crippen LogP contribution in [0.4, 0.5) is 0 Å². The van der Waals surface area contributed by atoms with Crippen LogP contribution in [0.25, 0.3) is 0 Å². The molecule has 1 heterocycles. The minimum Gasteiger partial charge on any atom is -0.488 e. The molecule has 0 aliphatic rings. The first-order valence-corrected chi connectivity index (χ1v) is 9.05. The molecule has 0 aliphatic carbocycles. The Balaban J connectivity index is 1.98. The van der Waals surface area contributed by atoms with E-state index in [0.717, 1.165) is 21.9 Å². The zero-order valence-corrected chi connectivity index (χ0v) is 16.7. The van der Waals surface area contributed by atoms with Crippen molar-refractivity contribution >= 4 is 23.2 Å². The van der Waals surface area contributed by atoms with Crippen LogP contribution in [0.1, 0.15) is 46.0 Å². The molecule has 0 saturated heterocycles. The maximum atomic E-state index is 12.8. The van der Waals surface area contributed by atoms with Gasteiger partial charge in [0.25, 0.3) is 0 Å². The molecule has 26 heavy (non-hydrogen) atoms. The minimum absolute atomic E-state index is 0.00194. The molecule has 0 radical (unpaired) electrons. The van der Waals surface area contributed by atoms with E-state index in [0.29, 0.717) is 29.4 Å². The highest BCUT2D eigenvalue weighted by Crippen LogP contribution is 2.19. The Labute approximate surface area is 159 Å². The number of rotatable bonds is 8. The van der Waals surface area contributed by atoms with Crippen molar-refractivity contribution in [1.82, 2.24) is 4.98 Å². The lowest BCUT2D eigenvalue weighted by atomic mass is 10.0. The number of ether oxygens (including phenoxy) is 1. The molecule has 0 aliphatic heterocycles. The summed E-state index contributed by atoms with van der Waals surface area (Å²) in [4.78, 5) is 28.7. The number of aryl methyl sites for hydroxylation is 1. The van der Waals surface area contributed by atoms with Gasteiger partial charge >= 0.3 is 0 Å². The predicted molar refractivity (Wildman–Crippen MR) is 103 cm³/mol. The van der Waals surface area contributed by atoms with Crippen LogP contribution < -0.4 is 9.64 Å². The van der Waals surface area contributed by atoms with Crippen LogP contribution >= 0.6 is 11.6 Å². The van der Waals surface area contributed by atoms with Gasteiger partial charge in [-0.2, -0.15) is 0 Å². The molecule has 2 rings (SSSR count). The van der Waals surface area contributed by atoms with Gasteiger partial charge in [0.15, 0.2) is 5.78 Å². The van der Waals surface area contributed by atoms with Crippen LogP contribution in [0.2, 0.25) is 5.02 Å². The lowest BCUT2D eigenvalue weighted by Crippen LogP contribution is -3.14. The number of hydrogen-bond acceptors (Lipinski definition) is 3. The molecule has 0 amide bonds. The van der Waals surface area contributed by atoms with E-state index >= 15 is 0 Å². The monoisotopic (exact) mass is 377 g/mol. The lowest BCUT2D eigenvalue weighted by Gasteiger charge is -2.20. The van der Waals surface area contributed by atoms with Crippen LogP contribution in [-0.4, -0.2) is 42.8 Å². The predicted octanol–water partition coefficient (Wildman–Crippen LogP) is 2.65. The van der Waals surface area contributed by atoms with Gasteiger partial charge in [0.2, 0.25) is 5.78 Å². The van der Waals surface area contributed by atoms with E-state index < -0.39 is 0 Å². The number of halogens is 1. The second-order valence-electron chi connectivity index (χ2n) is 6.67. The van der Waals surface area contributed by atoms with E-state index in [1.165, 1.54) is 6.92 Å². The highest BCUT2D eigenvalue weighted by atomic mass is 35.5. The summed E-state index contributed by atoms with van der Waals surface area (Å²) in [5.41, 5.74) is 2.62. The van der Waals surface area contributed by atoms with E-state index in [9.17, 15) is 9.59 Å². The molecular weight excluding hydrogens is 352 g/mol. The molecule has 6 heteroatoms. The first-order valence-electron chi connectivity index (χ1n) is 8.67. The molecule has 0 saturated carbocycles. The van der Waals surface area contributed by atoms with Crippen molar-refractivity contribution in [2.45, 2.75) is 33.7 Å². The fraction of sp³-hybridized carbons (Fsp3) is 0.400. The molecule has 0 bridgehead atoms. The largest absolute Gasteiger partial charge is 0.488 e. The fourth-order valence-corrected chi connectivity index (χ4v) is 3.17. The summed E-state index contributed by atoms with van der Waals surface area (Å²) < 4.78 is 5.70. The van der Waals surface area contributed by atoms with Gasteiger partial charge in [-0.05, 0) is 57.5 Å². The van der Waals surface area contributed by atoms with Crippen LogP contribution in [0.3, 0.4) is 0 Å². The number of likely N-dealkylation sites (N-methyl/N-ethyl adjacent to an activating group) is 1. The third-order valence-electron chi connectivity index (χ3n) is 4.75. The molecule has 2 atom stereocenters. The summed E-state index contributed by atoms with van der Waals surface area (Å²) in [6, 6.07) is 6.95. The average Bonchev–Trinajstić information content (AvgIpc) is 2.89. The first-order chi connectivity index (χ1) is 12.2.